The predicted molar refractivity (Wildman–Crippen MR) is 119 cm³/mol. The first-order valence-electron chi connectivity index (χ1n) is 11.0. The third-order valence-corrected chi connectivity index (χ3v) is 5.66. The molecule has 2 aromatic rings. The topological polar surface area (TPSA) is 97.7 Å². The molecule has 2 N–H and O–H groups in total. The lowest BCUT2D eigenvalue weighted by Gasteiger charge is -2.39. The van der Waals surface area contributed by atoms with Crippen molar-refractivity contribution in [2.24, 2.45) is 5.73 Å². The van der Waals surface area contributed by atoms with E-state index >= 15 is 0 Å². The Balaban J connectivity index is 1.69. The largest absolute Gasteiger partial charge is 0.447 e. The molecule has 1 aliphatic heterocycles. The first-order valence-corrected chi connectivity index (χ1v) is 11.0. The minimum absolute atomic E-state index is 0.103. The molecular formula is C23H35N5O3. The number of amides is 1. The minimum atomic E-state index is -0.270. The lowest BCUT2D eigenvalue weighted by molar-refractivity contribution is 0.0349. The van der Waals surface area contributed by atoms with Crippen molar-refractivity contribution >= 4 is 6.09 Å². The van der Waals surface area contributed by atoms with E-state index in [-0.39, 0.29) is 24.3 Å². The zero-order chi connectivity index (χ0) is 22.7. The van der Waals surface area contributed by atoms with E-state index in [9.17, 15) is 4.79 Å². The van der Waals surface area contributed by atoms with Gasteiger partial charge in [0.05, 0.1) is 18.6 Å². The number of nitrogens with two attached hydrogens (primary N) is 1. The summed E-state index contributed by atoms with van der Waals surface area (Å²) in [4.78, 5) is 16.5. The molecule has 31 heavy (non-hydrogen) atoms. The van der Waals surface area contributed by atoms with Crippen molar-refractivity contribution in [1.82, 2.24) is 20.0 Å². The first-order chi connectivity index (χ1) is 14.6. The molecule has 1 fully saturated rings. The number of rotatable bonds is 6. The summed E-state index contributed by atoms with van der Waals surface area (Å²) in [5.74, 6) is 1.04. The van der Waals surface area contributed by atoms with Crippen molar-refractivity contribution < 1.29 is 13.9 Å². The second-order valence-corrected chi connectivity index (χ2v) is 8.92. The van der Waals surface area contributed by atoms with E-state index in [0.29, 0.717) is 24.7 Å². The van der Waals surface area contributed by atoms with E-state index in [2.05, 4.69) is 48.0 Å². The van der Waals surface area contributed by atoms with E-state index in [1.807, 2.05) is 25.7 Å². The van der Waals surface area contributed by atoms with Gasteiger partial charge in [0, 0.05) is 32.2 Å². The van der Waals surface area contributed by atoms with Crippen LogP contribution >= 0.6 is 0 Å². The van der Waals surface area contributed by atoms with Gasteiger partial charge in [0.15, 0.2) is 0 Å². The summed E-state index contributed by atoms with van der Waals surface area (Å²) in [6, 6.07) is 4.26. The van der Waals surface area contributed by atoms with Crippen LogP contribution in [0.5, 0.6) is 0 Å². The lowest BCUT2D eigenvalue weighted by atomic mass is 9.96. The number of hydrogen-bond acceptors (Lipinski definition) is 7. The molecule has 3 rings (SSSR count). The highest BCUT2D eigenvalue weighted by atomic mass is 16.6. The SMILES string of the molecule is Cc1cc(Cc2nnc([C@H](C)N)o2)c(C)c(CN2CCN(C(=O)OC(C)C)[C@@H](C)C2)c1. The highest BCUT2D eigenvalue weighted by molar-refractivity contribution is 5.68. The maximum Gasteiger partial charge on any atom is 0.410 e. The van der Waals surface area contributed by atoms with Crippen molar-refractivity contribution in [2.45, 2.75) is 72.7 Å². The number of ether oxygens (including phenoxy) is 1. The maximum atomic E-state index is 12.3. The van der Waals surface area contributed by atoms with Gasteiger partial charge < -0.3 is 19.8 Å². The number of nitrogens with zero attached hydrogens (tertiary/aromatic N) is 4. The van der Waals surface area contributed by atoms with E-state index < -0.39 is 0 Å². The number of carbonyl (C=O) groups is 1. The second kappa shape index (κ2) is 9.78. The van der Waals surface area contributed by atoms with Gasteiger partial charge in [0.1, 0.15) is 0 Å². The molecule has 1 aromatic carbocycles. The van der Waals surface area contributed by atoms with Crippen LogP contribution in [-0.2, 0) is 17.7 Å². The third-order valence-electron chi connectivity index (χ3n) is 5.66. The van der Waals surface area contributed by atoms with Crippen molar-refractivity contribution in [3.63, 3.8) is 0 Å². The van der Waals surface area contributed by atoms with Gasteiger partial charge in [0.2, 0.25) is 11.8 Å². The Labute approximate surface area is 184 Å². The smallest absolute Gasteiger partial charge is 0.410 e. The molecule has 0 unspecified atom stereocenters. The van der Waals surface area contributed by atoms with Crippen molar-refractivity contribution in [3.8, 4) is 0 Å². The molecule has 1 aliphatic rings. The lowest BCUT2D eigenvalue weighted by Crippen LogP contribution is -2.54. The quantitative estimate of drug-likeness (QED) is 0.752. The Morgan fingerprint density at radius 3 is 2.55 bits per heavy atom. The van der Waals surface area contributed by atoms with Gasteiger partial charge in [-0.05, 0) is 58.2 Å². The van der Waals surface area contributed by atoms with Crippen molar-refractivity contribution in [1.29, 1.82) is 0 Å². The summed E-state index contributed by atoms with van der Waals surface area (Å²) < 4.78 is 11.1. The molecule has 2 atom stereocenters. The molecule has 0 radical (unpaired) electrons. The Bertz CT molecular complexity index is 909. The number of carbonyl (C=O) groups excluding carboxylic acids is 1. The van der Waals surface area contributed by atoms with Crippen LogP contribution in [0, 0.1) is 13.8 Å². The van der Waals surface area contributed by atoms with Crippen molar-refractivity contribution in [3.05, 3.63) is 46.2 Å². The fraction of sp³-hybridized carbons (Fsp3) is 0.609. The summed E-state index contributed by atoms with van der Waals surface area (Å²) >= 11 is 0. The second-order valence-electron chi connectivity index (χ2n) is 8.92. The maximum absolute atomic E-state index is 12.3. The summed E-state index contributed by atoms with van der Waals surface area (Å²) in [6.45, 7) is 15.1. The van der Waals surface area contributed by atoms with Gasteiger partial charge in [-0.1, -0.05) is 17.7 Å². The Morgan fingerprint density at radius 2 is 1.94 bits per heavy atom. The van der Waals surface area contributed by atoms with E-state index in [1.54, 1.807) is 0 Å². The van der Waals surface area contributed by atoms with E-state index in [0.717, 1.165) is 19.6 Å². The zero-order valence-electron chi connectivity index (χ0n) is 19.5. The third kappa shape index (κ3) is 5.83. The van der Waals surface area contributed by atoms with Gasteiger partial charge in [-0.15, -0.1) is 10.2 Å². The molecule has 2 heterocycles. The molecular weight excluding hydrogens is 394 g/mol. The standard InChI is InChI=1S/C23H35N5O3/c1-14(2)30-23(29)28-8-7-27(12-16(28)4)13-20-10-15(3)9-19(17(20)5)11-21-25-26-22(31-21)18(6)24/h9-10,14,16,18H,7-8,11-13,24H2,1-6H3/t16-,18-/m0/s1. The van der Waals surface area contributed by atoms with Gasteiger partial charge in [-0.2, -0.15) is 0 Å². The van der Waals surface area contributed by atoms with E-state index in [4.69, 9.17) is 14.9 Å². The highest BCUT2D eigenvalue weighted by Gasteiger charge is 2.29. The molecule has 0 saturated carbocycles. The molecule has 170 valence electrons. The molecule has 0 spiro atoms. The van der Waals surface area contributed by atoms with Crippen LogP contribution in [0.15, 0.2) is 16.5 Å². The summed E-state index contributed by atoms with van der Waals surface area (Å²) in [5, 5.41) is 8.18. The van der Waals surface area contributed by atoms with Crippen LogP contribution in [0.25, 0.3) is 0 Å². The average molecular weight is 430 g/mol. The Kier molecular flexibility index (Phi) is 7.33. The summed E-state index contributed by atoms with van der Waals surface area (Å²) in [6.07, 6.45) is 0.266. The molecule has 0 bridgehead atoms. The van der Waals surface area contributed by atoms with Crippen LogP contribution in [-0.4, -0.2) is 57.9 Å². The van der Waals surface area contributed by atoms with Crippen LogP contribution in [0.1, 0.15) is 67.8 Å². The fourth-order valence-electron chi connectivity index (χ4n) is 4.00. The highest BCUT2D eigenvalue weighted by Crippen LogP contribution is 2.23. The Hall–Kier alpha value is -2.45. The number of piperazine rings is 1. The van der Waals surface area contributed by atoms with Gasteiger partial charge in [-0.25, -0.2) is 4.79 Å². The zero-order valence-corrected chi connectivity index (χ0v) is 19.5. The fourth-order valence-corrected chi connectivity index (χ4v) is 4.00. The minimum Gasteiger partial charge on any atom is -0.447 e. The normalized spacial score (nSPS) is 18.5. The number of hydrogen-bond donors (Lipinski definition) is 1. The Morgan fingerprint density at radius 1 is 1.23 bits per heavy atom. The number of aryl methyl sites for hydroxylation is 1. The molecule has 8 heteroatoms. The summed E-state index contributed by atoms with van der Waals surface area (Å²) in [5.41, 5.74) is 10.7. The van der Waals surface area contributed by atoms with Gasteiger partial charge in [-0.3, -0.25) is 4.90 Å². The van der Waals surface area contributed by atoms with Crippen LogP contribution < -0.4 is 5.73 Å². The number of benzene rings is 1. The van der Waals surface area contributed by atoms with Crippen LogP contribution in [0.2, 0.25) is 0 Å². The van der Waals surface area contributed by atoms with Crippen LogP contribution in [0.3, 0.4) is 0 Å². The van der Waals surface area contributed by atoms with E-state index in [1.165, 1.54) is 22.3 Å². The molecule has 1 saturated heterocycles. The van der Waals surface area contributed by atoms with Crippen molar-refractivity contribution in [2.75, 3.05) is 19.6 Å². The predicted octanol–water partition coefficient (Wildman–Crippen LogP) is 3.35. The summed E-state index contributed by atoms with van der Waals surface area (Å²) in [7, 11) is 0. The van der Waals surface area contributed by atoms with Gasteiger partial charge in [0.25, 0.3) is 0 Å². The number of aromatic nitrogens is 2. The molecule has 1 aromatic heterocycles. The average Bonchev–Trinajstić information content (AvgIpc) is 3.14. The molecule has 8 nitrogen and oxygen atoms in total. The molecule has 1 amide bonds. The van der Waals surface area contributed by atoms with Crippen LogP contribution in [0.4, 0.5) is 4.79 Å². The van der Waals surface area contributed by atoms with Gasteiger partial charge >= 0.3 is 6.09 Å². The first kappa shape index (κ1) is 23.2. The monoisotopic (exact) mass is 429 g/mol. The molecule has 0 aliphatic carbocycles.